The fraction of sp³-hybridized carbons (Fsp3) is 0.294. The summed E-state index contributed by atoms with van der Waals surface area (Å²) in [6, 6.07) is 14.0. The van der Waals surface area contributed by atoms with Gasteiger partial charge in [0.25, 0.3) is 0 Å². The number of phenols is 1. The number of para-hydroxylation sites is 1. The topological polar surface area (TPSA) is 78.4 Å². The van der Waals surface area contributed by atoms with Gasteiger partial charge in [-0.3, -0.25) is 0 Å². The van der Waals surface area contributed by atoms with Crippen LogP contribution in [0.3, 0.4) is 0 Å². The van der Waals surface area contributed by atoms with Crippen molar-refractivity contribution in [2.75, 3.05) is 7.05 Å². The molecular weight excluding hydrogens is 312 g/mol. The second kappa shape index (κ2) is 7.59. The zero-order valence-corrected chi connectivity index (χ0v) is 14.1. The van der Waals surface area contributed by atoms with E-state index in [0.717, 1.165) is 17.5 Å². The maximum atomic E-state index is 11.8. The van der Waals surface area contributed by atoms with E-state index in [4.69, 9.17) is 0 Å². The largest absolute Gasteiger partial charge is 0.508 e. The lowest BCUT2D eigenvalue weighted by atomic mass is 10.0. The van der Waals surface area contributed by atoms with Crippen LogP contribution >= 0.6 is 0 Å². The molecule has 0 heterocycles. The average Bonchev–Trinajstić information content (AvgIpc) is 2.57. The van der Waals surface area contributed by atoms with Gasteiger partial charge < -0.3 is 10.4 Å². The van der Waals surface area contributed by atoms with Crippen LogP contribution in [0.1, 0.15) is 30.5 Å². The molecule has 1 atom stereocenters. The highest BCUT2D eigenvalue weighted by Crippen LogP contribution is 2.26. The number of aromatic hydroxyl groups is 1. The standard InChI is InChI=1S/C17H22N2O3S/c1-3-16(15-9-4-5-10-17(15)20)19-12-13-7-6-8-14(11-13)23(21,22)18-2/h4-11,16,18-20H,3,12H2,1-2H3/t16-/m1/s1. The summed E-state index contributed by atoms with van der Waals surface area (Å²) in [4.78, 5) is 0.245. The summed E-state index contributed by atoms with van der Waals surface area (Å²) in [6.45, 7) is 2.55. The number of sulfonamides is 1. The van der Waals surface area contributed by atoms with Gasteiger partial charge in [0.1, 0.15) is 5.75 Å². The third-order valence-electron chi connectivity index (χ3n) is 3.75. The molecule has 0 aromatic heterocycles. The quantitative estimate of drug-likeness (QED) is 0.727. The van der Waals surface area contributed by atoms with Gasteiger partial charge in [0.2, 0.25) is 10.0 Å². The van der Waals surface area contributed by atoms with E-state index in [1.165, 1.54) is 7.05 Å². The zero-order valence-electron chi connectivity index (χ0n) is 13.3. The van der Waals surface area contributed by atoms with E-state index in [0.29, 0.717) is 6.54 Å². The van der Waals surface area contributed by atoms with Crippen molar-refractivity contribution >= 4 is 10.0 Å². The van der Waals surface area contributed by atoms with Crippen LogP contribution in [0.5, 0.6) is 5.75 Å². The van der Waals surface area contributed by atoms with Crippen LogP contribution in [0.25, 0.3) is 0 Å². The predicted molar refractivity (Wildman–Crippen MR) is 90.7 cm³/mol. The highest BCUT2D eigenvalue weighted by molar-refractivity contribution is 7.89. The van der Waals surface area contributed by atoms with Gasteiger partial charge in [-0.25, -0.2) is 13.1 Å². The maximum absolute atomic E-state index is 11.8. The summed E-state index contributed by atoms with van der Waals surface area (Å²) in [5.74, 6) is 0.262. The van der Waals surface area contributed by atoms with E-state index >= 15 is 0 Å². The highest BCUT2D eigenvalue weighted by atomic mass is 32.2. The summed E-state index contributed by atoms with van der Waals surface area (Å²) in [5.41, 5.74) is 1.71. The number of hydrogen-bond acceptors (Lipinski definition) is 4. The molecule has 0 aliphatic rings. The van der Waals surface area contributed by atoms with E-state index in [-0.39, 0.29) is 16.7 Å². The van der Waals surface area contributed by atoms with Crippen molar-refractivity contribution in [3.05, 3.63) is 59.7 Å². The van der Waals surface area contributed by atoms with Gasteiger partial charge in [0.15, 0.2) is 0 Å². The predicted octanol–water partition coefficient (Wildman–Crippen LogP) is 2.54. The lowest BCUT2D eigenvalue weighted by Crippen LogP contribution is -2.21. The molecule has 0 bridgehead atoms. The van der Waals surface area contributed by atoms with Crippen LogP contribution < -0.4 is 10.0 Å². The Hall–Kier alpha value is -1.89. The molecule has 0 fully saturated rings. The van der Waals surface area contributed by atoms with E-state index in [9.17, 15) is 13.5 Å². The van der Waals surface area contributed by atoms with Crippen molar-refractivity contribution in [1.29, 1.82) is 0 Å². The molecule has 0 saturated carbocycles. The van der Waals surface area contributed by atoms with Crippen LogP contribution in [0.4, 0.5) is 0 Å². The first-order valence-corrected chi connectivity index (χ1v) is 9.00. The summed E-state index contributed by atoms with van der Waals surface area (Å²) in [5, 5.41) is 13.3. The Labute approximate surface area is 137 Å². The lowest BCUT2D eigenvalue weighted by molar-refractivity contribution is 0.440. The first kappa shape index (κ1) is 17.5. The molecule has 0 aliphatic heterocycles. The van der Waals surface area contributed by atoms with Crippen LogP contribution in [-0.2, 0) is 16.6 Å². The fourth-order valence-electron chi connectivity index (χ4n) is 2.44. The molecule has 23 heavy (non-hydrogen) atoms. The Morgan fingerprint density at radius 2 is 1.87 bits per heavy atom. The molecule has 3 N–H and O–H groups in total. The minimum absolute atomic E-state index is 0.000707. The molecule has 0 amide bonds. The van der Waals surface area contributed by atoms with Crippen LogP contribution in [0, 0.1) is 0 Å². The normalized spacial score (nSPS) is 13.0. The molecular formula is C17H22N2O3S. The molecule has 0 radical (unpaired) electrons. The summed E-state index contributed by atoms with van der Waals surface area (Å²) in [6.07, 6.45) is 0.812. The SMILES string of the molecule is CC[C@@H](NCc1cccc(S(=O)(=O)NC)c1)c1ccccc1O. The molecule has 0 aliphatic carbocycles. The van der Waals surface area contributed by atoms with Crippen molar-refractivity contribution in [1.82, 2.24) is 10.0 Å². The zero-order chi connectivity index (χ0) is 16.9. The highest BCUT2D eigenvalue weighted by Gasteiger charge is 2.14. The number of phenolic OH excluding ortho intramolecular Hbond substituents is 1. The van der Waals surface area contributed by atoms with E-state index in [1.54, 1.807) is 30.3 Å². The minimum atomic E-state index is -3.44. The second-order valence-electron chi connectivity index (χ2n) is 5.26. The number of nitrogens with one attached hydrogen (secondary N) is 2. The summed E-state index contributed by atoms with van der Waals surface area (Å²) >= 11 is 0. The Morgan fingerprint density at radius 1 is 1.13 bits per heavy atom. The van der Waals surface area contributed by atoms with Crippen molar-refractivity contribution in [3.63, 3.8) is 0 Å². The molecule has 2 aromatic rings. The first-order valence-electron chi connectivity index (χ1n) is 7.51. The van der Waals surface area contributed by atoms with Gasteiger partial charge in [-0.1, -0.05) is 37.3 Å². The Bertz CT molecular complexity index is 760. The molecule has 2 rings (SSSR count). The number of hydrogen-bond donors (Lipinski definition) is 3. The van der Waals surface area contributed by atoms with Crippen LogP contribution in [0.2, 0.25) is 0 Å². The molecule has 2 aromatic carbocycles. The van der Waals surface area contributed by atoms with Gasteiger partial charge in [0, 0.05) is 18.2 Å². The molecule has 0 unspecified atom stereocenters. The Kier molecular flexibility index (Phi) is 5.76. The fourth-order valence-corrected chi connectivity index (χ4v) is 3.24. The summed E-state index contributed by atoms with van der Waals surface area (Å²) in [7, 11) is -2.05. The molecule has 124 valence electrons. The van der Waals surface area contributed by atoms with Gasteiger partial charge in [-0.15, -0.1) is 0 Å². The minimum Gasteiger partial charge on any atom is -0.508 e. The Morgan fingerprint density at radius 3 is 2.52 bits per heavy atom. The monoisotopic (exact) mass is 334 g/mol. The first-order chi connectivity index (χ1) is 11.0. The molecule has 0 saturated heterocycles. The van der Waals surface area contributed by atoms with Crippen LogP contribution in [0.15, 0.2) is 53.4 Å². The van der Waals surface area contributed by atoms with Crippen molar-refractivity contribution in [3.8, 4) is 5.75 Å². The van der Waals surface area contributed by atoms with Crippen molar-refractivity contribution in [2.45, 2.75) is 30.8 Å². The average molecular weight is 334 g/mol. The molecule has 0 spiro atoms. The van der Waals surface area contributed by atoms with Gasteiger partial charge in [-0.05, 0) is 37.2 Å². The van der Waals surface area contributed by atoms with E-state index in [2.05, 4.69) is 10.0 Å². The maximum Gasteiger partial charge on any atom is 0.240 e. The number of benzene rings is 2. The van der Waals surface area contributed by atoms with Crippen molar-refractivity contribution in [2.24, 2.45) is 0 Å². The number of rotatable bonds is 7. The second-order valence-corrected chi connectivity index (χ2v) is 7.14. The van der Waals surface area contributed by atoms with E-state index < -0.39 is 10.0 Å². The third kappa shape index (κ3) is 4.31. The van der Waals surface area contributed by atoms with Gasteiger partial charge >= 0.3 is 0 Å². The Balaban J connectivity index is 2.14. The van der Waals surface area contributed by atoms with Gasteiger partial charge in [-0.2, -0.15) is 0 Å². The van der Waals surface area contributed by atoms with Crippen molar-refractivity contribution < 1.29 is 13.5 Å². The smallest absolute Gasteiger partial charge is 0.240 e. The van der Waals surface area contributed by atoms with Gasteiger partial charge in [0.05, 0.1) is 4.90 Å². The lowest BCUT2D eigenvalue weighted by Gasteiger charge is -2.19. The summed E-state index contributed by atoms with van der Waals surface area (Å²) < 4.78 is 26.0. The molecule has 6 heteroatoms. The molecule has 5 nitrogen and oxygen atoms in total. The van der Waals surface area contributed by atoms with E-state index in [1.807, 2.05) is 25.1 Å². The third-order valence-corrected chi connectivity index (χ3v) is 5.16. The van der Waals surface area contributed by atoms with Crippen LogP contribution in [-0.4, -0.2) is 20.6 Å².